The first-order valence-corrected chi connectivity index (χ1v) is 6.68. The second-order valence-electron chi connectivity index (χ2n) is 5.79. The maximum atomic E-state index is 6.25. The second kappa shape index (κ2) is 5.73. The number of nitrogens with two attached hydrogens (primary N) is 1. The molecule has 0 saturated heterocycles. The summed E-state index contributed by atoms with van der Waals surface area (Å²) in [6, 6.07) is 4.89. The largest absolute Gasteiger partial charge is 0.497 e. The van der Waals surface area contributed by atoms with Gasteiger partial charge in [-0.25, -0.2) is 0 Å². The van der Waals surface area contributed by atoms with Gasteiger partial charge >= 0.3 is 0 Å². The molecule has 0 aliphatic rings. The van der Waals surface area contributed by atoms with Crippen molar-refractivity contribution in [1.82, 2.24) is 10.1 Å². The van der Waals surface area contributed by atoms with Crippen LogP contribution in [0, 0.1) is 0 Å². The standard InChI is InChI=1S/C15H21N3O3/c1-15(2,3)14-17-13(18-21-14)12(16)10-8-9(19-4)6-7-11(10)20-5/h6-8,12H,16H2,1-5H3. The molecule has 0 aliphatic carbocycles. The number of hydrogen-bond acceptors (Lipinski definition) is 6. The highest BCUT2D eigenvalue weighted by atomic mass is 16.5. The summed E-state index contributed by atoms with van der Waals surface area (Å²) in [5.74, 6) is 2.33. The predicted molar refractivity (Wildman–Crippen MR) is 78.6 cm³/mol. The SMILES string of the molecule is COc1ccc(OC)c(C(N)c2noc(C(C)(C)C)n2)c1. The summed E-state index contributed by atoms with van der Waals surface area (Å²) in [7, 11) is 3.19. The van der Waals surface area contributed by atoms with Gasteiger partial charge in [0.1, 0.15) is 11.5 Å². The van der Waals surface area contributed by atoms with Crippen LogP contribution in [0.2, 0.25) is 0 Å². The van der Waals surface area contributed by atoms with Crippen LogP contribution in [-0.2, 0) is 5.41 Å². The van der Waals surface area contributed by atoms with Crippen molar-refractivity contribution in [3.63, 3.8) is 0 Å². The fourth-order valence-corrected chi connectivity index (χ4v) is 1.89. The molecule has 1 atom stereocenters. The van der Waals surface area contributed by atoms with Crippen molar-refractivity contribution in [2.75, 3.05) is 14.2 Å². The van der Waals surface area contributed by atoms with Gasteiger partial charge < -0.3 is 19.7 Å². The highest BCUT2D eigenvalue weighted by molar-refractivity contribution is 5.44. The van der Waals surface area contributed by atoms with Gasteiger partial charge in [-0.2, -0.15) is 4.98 Å². The van der Waals surface area contributed by atoms with Gasteiger partial charge in [0.2, 0.25) is 5.89 Å². The third-order valence-corrected chi connectivity index (χ3v) is 3.13. The second-order valence-corrected chi connectivity index (χ2v) is 5.79. The molecule has 1 unspecified atom stereocenters. The van der Waals surface area contributed by atoms with Crippen LogP contribution in [0.4, 0.5) is 0 Å². The Balaban J connectivity index is 2.39. The highest BCUT2D eigenvalue weighted by Gasteiger charge is 2.25. The van der Waals surface area contributed by atoms with Crippen LogP contribution in [0.25, 0.3) is 0 Å². The van der Waals surface area contributed by atoms with E-state index in [-0.39, 0.29) is 5.41 Å². The van der Waals surface area contributed by atoms with Crippen molar-refractivity contribution in [3.8, 4) is 11.5 Å². The van der Waals surface area contributed by atoms with Gasteiger partial charge in [-0.1, -0.05) is 25.9 Å². The Kier molecular flexibility index (Phi) is 4.18. The molecule has 2 aromatic rings. The summed E-state index contributed by atoms with van der Waals surface area (Å²) in [6.07, 6.45) is 0. The molecule has 2 rings (SSSR count). The van der Waals surface area contributed by atoms with E-state index in [4.69, 9.17) is 19.7 Å². The zero-order valence-electron chi connectivity index (χ0n) is 13.0. The number of benzene rings is 1. The van der Waals surface area contributed by atoms with Crippen LogP contribution < -0.4 is 15.2 Å². The maximum absolute atomic E-state index is 6.25. The third-order valence-electron chi connectivity index (χ3n) is 3.13. The Hall–Kier alpha value is -2.08. The molecule has 0 radical (unpaired) electrons. The zero-order valence-corrected chi connectivity index (χ0v) is 13.0. The molecule has 2 N–H and O–H groups in total. The molecule has 21 heavy (non-hydrogen) atoms. The molecule has 0 fully saturated rings. The Labute approximate surface area is 124 Å². The van der Waals surface area contributed by atoms with Crippen molar-refractivity contribution in [2.45, 2.75) is 32.2 Å². The lowest BCUT2D eigenvalue weighted by molar-refractivity contribution is 0.317. The molecule has 0 aliphatic heterocycles. The summed E-state index contributed by atoms with van der Waals surface area (Å²) in [5, 5.41) is 3.98. The van der Waals surface area contributed by atoms with E-state index in [0.29, 0.717) is 23.2 Å². The number of rotatable bonds is 4. The normalized spacial score (nSPS) is 13.0. The first kappa shape index (κ1) is 15.3. The smallest absolute Gasteiger partial charge is 0.232 e. The quantitative estimate of drug-likeness (QED) is 0.931. The minimum atomic E-state index is -0.546. The molecule has 1 heterocycles. The summed E-state index contributed by atoms with van der Waals surface area (Å²) >= 11 is 0. The zero-order chi connectivity index (χ0) is 15.6. The van der Waals surface area contributed by atoms with Crippen LogP contribution >= 0.6 is 0 Å². The van der Waals surface area contributed by atoms with E-state index >= 15 is 0 Å². The number of nitrogens with zero attached hydrogens (tertiary/aromatic N) is 2. The number of methoxy groups -OCH3 is 2. The van der Waals surface area contributed by atoms with Gasteiger partial charge in [0.15, 0.2) is 5.82 Å². The molecule has 0 spiro atoms. The topological polar surface area (TPSA) is 83.4 Å². The summed E-state index contributed by atoms with van der Waals surface area (Å²) < 4.78 is 15.9. The van der Waals surface area contributed by atoms with Crippen LogP contribution in [-0.4, -0.2) is 24.4 Å². The lowest BCUT2D eigenvalue weighted by Gasteiger charge is -2.14. The van der Waals surface area contributed by atoms with E-state index in [1.165, 1.54) is 0 Å². The molecule has 6 heteroatoms. The number of aromatic nitrogens is 2. The third kappa shape index (κ3) is 3.16. The van der Waals surface area contributed by atoms with E-state index in [0.717, 1.165) is 5.56 Å². The van der Waals surface area contributed by atoms with Gasteiger partial charge in [-0.05, 0) is 18.2 Å². The molecule has 0 amide bonds. The molecule has 0 bridgehead atoms. The minimum absolute atomic E-state index is 0.219. The van der Waals surface area contributed by atoms with Gasteiger partial charge in [0, 0.05) is 11.0 Å². The van der Waals surface area contributed by atoms with Gasteiger partial charge in [-0.3, -0.25) is 0 Å². The monoisotopic (exact) mass is 291 g/mol. The van der Waals surface area contributed by atoms with Crippen LogP contribution in [0.5, 0.6) is 11.5 Å². The molecule has 6 nitrogen and oxygen atoms in total. The summed E-state index contributed by atoms with van der Waals surface area (Å²) in [5.41, 5.74) is 6.78. The molecular formula is C15H21N3O3. The average molecular weight is 291 g/mol. The van der Waals surface area contributed by atoms with Crippen molar-refractivity contribution in [1.29, 1.82) is 0 Å². The van der Waals surface area contributed by atoms with Crippen molar-refractivity contribution < 1.29 is 14.0 Å². The first-order valence-electron chi connectivity index (χ1n) is 6.68. The highest BCUT2D eigenvalue weighted by Crippen LogP contribution is 2.31. The molecule has 1 aromatic carbocycles. The van der Waals surface area contributed by atoms with E-state index < -0.39 is 6.04 Å². The van der Waals surface area contributed by atoms with Gasteiger partial charge in [0.05, 0.1) is 20.3 Å². The molecule has 114 valence electrons. The summed E-state index contributed by atoms with van der Waals surface area (Å²) in [6.45, 7) is 6.01. The van der Waals surface area contributed by atoms with E-state index in [1.54, 1.807) is 20.3 Å². The fourth-order valence-electron chi connectivity index (χ4n) is 1.89. The Bertz CT molecular complexity index is 617. The van der Waals surface area contributed by atoms with Gasteiger partial charge in [0.25, 0.3) is 0 Å². The van der Waals surface area contributed by atoms with Crippen molar-refractivity contribution >= 4 is 0 Å². The number of ether oxygens (including phenoxy) is 2. The molecule has 0 saturated carbocycles. The van der Waals surface area contributed by atoms with Crippen LogP contribution in [0.3, 0.4) is 0 Å². The summed E-state index contributed by atoms with van der Waals surface area (Å²) in [4.78, 5) is 4.39. The molecule has 1 aromatic heterocycles. The lowest BCUT2D eigenvalue weighted by atomic mass is 9.97. The number of hydrogen-bond donors (Lipinski definition) is 1. The van der Waals surface area contributed by atoms with Crippen LogP contribution in [0.1, 0.15) is 44.1 Å². The minimum Gasteiger partial charge on any atom is -0.497 e. The van der Waals surface area contributed by atoms with E-state index in [9.17, 15) is 0 Å². The van der Waals surface area contributed by atoms with Crippen molar-refractivity contribution in [2.24, 2.45) is 5.73 Å². The Morgan fingerprint density at radius 1 is 1.19 bits per heavy atom. The van der Waals surface area contributed by atoms with Crippen LogP contribution in [0.15, 0.2) is 22.7 Å². The predicted octanol–water partition coefficient (Wildman–Crippen LogP) is 2.43. The Morgan fingerprint density at radius 2 is 1.90 bits per heavy atom. The maximum Gasteiger partial charge on any atom is 0.232 e. The van der Waals surface area contributed by atoms with E-state index in [2.05, 4.69) is 10.1 Å². The lowest BCUT2D eigenvalue weighted by Crippen LogP contribution is -2.16. The van der Waals surface area contributed by atoms with Crippen molar-refractivity contribution in [3.05, 3.63) is 35.5 Å². The molecular weight excluding hydrogens is 270 g/mol. The Morgan fingerprint density at radius 3 is 2.43 bits per heavy atom. The van der Waals surface area contributed by atoms with E-state index in [1.807, 2.05) is 32.9 Å². The van der Waals surface area contributed by atoms with Gasteiger partial charge in [-0.15, -0.1) is 0 Å². The fraction of sp³-hybridized carbons (Fsp3) is 0.467. The average Bonchev–Trinajstić information content (AvgIpc) is 2.95. The first-order chi connectivity index (χ1) is 9.86.